The van der Waals surface area contributed by atoms with Gasteiger partial charge in [0.1, 0.15) is 36.0 Å². The number of ether oxygens (including phenoxy) is 3. The van der Waals surface area contributed by atoms with Gasteiger partial charge in [-0.15, -0.1) is 0 Å². The first-order valence-electron chi connectivity index (χ1n) is 17.6. The van der Waals surface area contributed by atoms with E-state index in [9.17, 15) is 37.5 Å². The maximum absolute atomic E-state index is 14.7. The van der Waals surface area contributed by atoms with Crippen LogP contribution in [0.3, 0.4) is 0 Å². The Morgan fingerprint density at radius 2 is 1.62 bits per heavy atom. The van der Waals surface area contributed by atoms with Crippen molar-refractivity contribution in [3.8, 4) is 0 Å². The van der Waals surface area contributed by atoms with Gasteiger partial charge in [0.05, 0.1) is 0 Å². The third-order valence-corrected chi connectivity index (χ3v) is 9.11. The van der Waals surface area contributed by atoms with E-state index in [1.807, 2.05) is 18.2 Å². The molecule has 3 aromatic carbocycles. The molecule has 1 fully saturated rings. The van der Waals surface area contributed by atoms with Crippen LogP contribution in [-0.4, -0.2) is 79.7 Å². The molecule has 2 aliphatic heterocycles. The van der Waals surface area contributed by atoms with Gasteiger partial charge in [-0.05, 0) is 66.6 Å². The third kappa shape index (κ3) is 10.5. The maximum Gasteiger partial charge on any atom is 0.407 e. The molecule has 1 saturated heterocycles. The summed E-state index contributed by atoms with van der Waals surface area (Å²) in [5.41, 5.74) is 1.08. The predicted octanol–water partition coefficient (Wildman–Crippen LogP) is 3.90. The molecule has 17 heteroatoms. The Labute approximate surface area is 315 Å². The predicted molar refractivity (Wildman–Crippen MR) is 193 cm³/mol. The van der Waals surface area contributed by atoms with E-state index in [4.69, 9.17) is 14.2 Å². The number of benzene rings is 3. The molecular formula is C38H42F2N6O9. The van der Waals surface area contributed by atoms with Crippen LogP contribution in [-0.2, 0) is 46.5 Å². The number of nitrogens with one attached hydrogen (secondary N) is 5. The van der Waals surface area contributed by atoms with E-state index in [2.05, 4.69) is 26.6 Å². The molecule has 0 saturated carbocycles. The van der Waals surface area contributed by atoms with E-state index in [0.717, 1.165) is 23.8 Å². The number of carbonyl (C=O) groups excluding carboxylic acids is 6. The highest BCUT2D eigenvalue weighted by molar-refractivity contribution is 6.01. The van der Waals surface area contributed by atoms with Gasteiger partial charge in [0.15, 0.2) is 6.10 Å². The number of amides is 6. The number of hydrogen-bond donors (Lipinski definition) is 5. The molecule has 3 atom stereocenters. The zero-order valence-electron chi connectivity index (χ0n) is 30.2. The van der Waals surface area contributed by atoms with Crippen LogP contribution < -0.4 is 26.6 Å². The van der Waals surface area contributed by atoms with E-state index in [1.54, 1.807) is 24.3 Å². The van der Waals surface area contributed by atoms with E-state index in [0.29, 0.717) is 31.6 Å². The van der Waals surface area contributed by atoms with Gasteiger partial charge in [0, 0.05) is 45.5 Å². The smallest absolute Gasteiger partial charge is 0.407 e. The van der Waals surface area contributed by atoms with E-state index >= 15 is 0 Å². The molecule has 292 valence electrons. The Kier molecular flexibility index (Phi) is 13.7. The van der Waals surface area contributed by atoms with Crippen molar-refractivity contribution in [1.82, 2.24) is 20.9 Å². The van der Waals surface area contributed by atoms with Crippen LogP contribution in [0.1, 0.15) is 48.9 Å². The third-order valence-electron chi connectivity index (χ3n) is 9.11. The highest BCUT2D eigenvalue weighted by Crippen LogP contribution is 2.38. The van der Waals surface area contributed by atoms with Crippen LogP contribution in [0.15, 0.2) is 66.7 Å². The second-order valence-corrected chi connectivity index (χ2v) is 12.9. The standard InChI is InChI=1S/C38H42F2N6O9/c1-22(55-37(51)41-2)34(48)44-31(24-14-17-53-18-15-24)36(50)46-20-25-11-12-26(19-27(25)33(46)35(49)45-32-28(39)9-6-10-29(32)40)43-30(47)13-16-42-38(52)54-21-23-7-4-3-5-8-23/h3-12,19,22,24,31,33H,13-18,20-21H2,1-2H3,(H,41,51)(H,42,52)(H,43,47)(H,44,48)(H,45,49)/t22?,31?,33-/m0/s1. The number of carbonyl (C=O) groups is 6. The van der Waals surface area contributed by atoms with Crippen molar-refractivity contribution >= 4 is 47.2 Å². The number of anilines is 2. The van der Waals surface area contributed by atoms with Crippen LogP contribution >= 0.6 is 0 Å². The molecule has 5 rings (SSSR count). The van der Waals surface area contributed by atoms with Gasteiger partial charge in [-0.1, -0.05) is 42.5 Å². The van der Waals surface area contributed by atoms with Gasteiger partial charge < -0.3 is 45.7 Å². The molecule has 2 unspecified atom stereocenters. The Morgan fingerprint density at radius 3 is 2.31 bits per heavy atom. The molecule has 2 aliphatic rings. The van der Waals surface area contributed by atoms with Crippen molar-refractivity contribution in [2.75, 3.05) is 37.4 Å². The molecule has 0 bridgehead atoms. The summed E-state index contributed by atoms with van der Waals surface area (Å²) in [6, 6.07) is 14.1. The Morgan fingerprint density at radius 1 is 0.909 bits per heavy atom. The second-order valence-electron chi connectivity index (χ2n) is 12.9. The van der Waals surface area contributed by atoms with Gasteiger partial charge in [0.25, 0.3) is 11.8 Å². The van der Waals surface area contributed by atoms with Gasteiger partial charge in [-0.25, -0.2) is 18.4 Å². The zero-order valence-corrected chi connectivity index (χ0v) is 30.2. The molecule has 2 heterocycles. The first-order valence-corrected chi connectivity index (χ1v) is 17.6. The number of alkyl carbamates (subject to hydrolysis) is 2. The van der Waals surface area contributed by atoms with Crippen molar-refractivity contribution in [3.63, 3.8) is 0 Å². The number of halogens is 2. The summed E-state index contributed by atoms with van der Waals surface area (Å²) in [6.07, 6.45) is -2.21. The molecule has 55 heavy (non-hydrogen) atoms. The van der Waals surface area contributed by atoms with Crippen molar-refractivity contribution in [3.05, 3.63) is 95.1 Å². The summed E-state index contributed by atoms with van der Waals surface area (Å²) in [5.74, 6) is -5.39. The summed E-state index contributed by atoms with van der Waals surface area (Å²) in [5, 5.41) is 12.4. The van der Waals surface area contributed by atoms with Gasteiger partial charge in [0.2, 0.25) is 11.8 Å². The van der Waals surface area contributed by atoms with Crippen LogP contribution in [0.25, 0.3) is 0 Å². The Bertz CT molecular complexity index is 1870. The largest absolute Gasteiger partial charge is 0.445 e. The average Bonchev–Trinajstić information content (AvgIpc) is 3.57. The lowest BCUT2D eigenvalue weighted by Gasteiger charge is -2.35. The van der Waals surface area contributed by atoms with Gasteiger partial charge in [-0.2, -0.15) is 0 Å². The van der Waals surface area contributed by atoms with Crippen molar-refractivity contribution in [1.29, 1.82) is 0 Å². The van der Waals surface area contributed by atoms with Crippen LogP contribution in [0.2, 0.25) is 0 Å². The number of hydrogen-bond acceptors (Lipinski definition) is 9. The average molecular weight is 765 g/mol. The number of nitrogens with zero attached hydrogens (tertiary/aromatic N) is 1. The van der Waals surface area contributed by atoms with Crippen molar-refractivity contribution in [2.45, 2.75) is 57.5 Å². The lowest BCUT2D eigenvalue weighted by atomic mass is 9.90. The minimum Gasteiger partial charge on any atom is -0.445 e. The summed E-state index contributed by atoms with van der Waals surface area (Å²) in [4.78, 5) is 79.7. The minimum absolute atomic E-state index is 0.0437. The zero-order chi connectivity index (χ0) is 39.5. The summed E-state index contributed by atoms with van der Waals surface area (Å²) >= 11 is 0. The van der Waals surface area contributed by atoms with E-state index in [1.165, 1.54) is 24.9 Å². The molecule has 0 aliphatic carbocycles. The Hall–Kier alpha value is -6.10. The normalized spacial score (nSPS) is 16.1. The Balaban J connectivity index is 1.35. The first kappa shape index (κ1) is 40.1. The molecule has 6 amide bonds. The minimum atomic E-state index is -1.46. The molecule has 0 spiro atoms. The van der Waals surface area contributed by atoms with Crippen LogP contribution in [0, 0.1) is 17.6 Å². The quantitative estimate of drug-likeness (QED) is 0.172. The highest BCUT2D eigenvalue weighted by atomic mass is 19.1. The second kappa shape index (κ2) is 18.8. The van der Waals surface area contributed by atoms with Crippen LogP contribution in [0.4, 0.5) is 29.7 Å². The summed E-state index contributed by atoms with van der Waals surface area (Å²) in [6.45, 7) is 1.83. The van der Waals surface area contributed by atoms with Gasteiger partial charge in [-0.3, -0.25) is 19.2 Å². The lowest BCUT2D eigenvalue weighted by Crippen LogP contribution is -2.55. The first-order chi connectivity index (χ1) is 26.4. The van der Waals surface area contributed by atoms with Crippen molar-refractivity contribution < 1.29 is 51.8 Å². The fourth-order valence-electron chi connectivity index (χ4n) is 6.24. The molecular weight excluding hydrogens is 722 g/mol. The SMILES string of the molecule is CNC(=O)OC(C)C(=O)NC(C(=O)N1Cc2ccc(NC(=O)CCNC(=O)OCc3ccccc3)cc2[C@H]1C(=O)Nc1c(F)cccc1F)C1CCOCC1. The molecule has 5 N–H and O–H groups in total. The molecule has 0 aromatic heterocycles. The number of para-hydroxylation sites is 1. The lowest BCUT2D eigenvalue weighted by molar-refractivity contribution is -0.145. The monoisotopic (exact) mass is 764 g/mol. The fourth-order valence-corrected chi connectivity index (χ4v) is 6.24. The number of fused-ring (bicyclic) bond motifs is 1. The van der Waals surface area contributed by atoms with E-state index < -0.39 is 77.2 Å². The summed E-state index contributed by atoms with van der Waals surface area (Å²) in [7, 11) is 1.33. The van der Waals surface area contributed by atoms with Gasteiger partial charge >= 0.3 is 12.2 Å². The molecule has 3 aromatic rings. The fraction of sp³-hybridized carbons (Fsp3) is 0.368. The summed E-state index contributed by atoms with van der Waals surface area (Å²) < 4.78 is 45.1. The highest BCUT2D eigenvalue weighted by Gasteiger charge is 2.44. The number of rotatable bonds is 13. The molecule has 15 nitrogen and oxygen atoms in total. The topological polar surface area (TPSA) is 193 Å². The molecule has 0 radical (unpaired) electrons. The van der Waals surface area contributed by atoms with Crippen LogP contribution in [0.5, 0.6) is 0 Å². The van der Waals surface area contributed by atoms with E-state index in [-0.39, 0.29) is 37.4 Å². The van der Waals surface area contributed by atoms with Crippen molar-refractivity contribution in [2.24, 2.45) is 5.92 Å². The maximum atomic E-state index is 14.7.